The van der Waals surface area contributed by atoms with Crippen LogP contribution in [0.3, 0.4) is 0 Å². The van der Waals surface area contributed by atoms with Crippen LogP contribution in [0.25, 0.3) is 0 Å². The summed E-state index contributed by atoms with van der Waals surface area (Å²) in [5.74, 6) is -0.301. The average Bonchev–Trinajstić information content (AvgIpc) is 3.03. The molecule has 0 atom stereocenters. The third-order valence-corrected chi connectivity index (χ3v) is 5.11. The van der Waals surface area contributed by atoms with Gasteiger partial charge in [0.25, 0.3) is 11.6 Å². The number of nitrogens with zero attached hydrogens (tertiary/aromatic N) is 3. The molecule has 0 fully saturated rings. The lowest BCUT2D eigenvalue weighted by Gasteiger charge is -2.18. The Kier molecular flexibility index (Phi) is 4.71. The molecule has 1 aromatic carbocycles. The van der Waals surface area contributed by atoms with Crippen molar-refractivity contribution in [1.29, 1.82) is 0 Å². The normalized spacial score (nSPS) is 13.2. The van der Waals surface area contributed by atoms with Crippen LogP contribution in [0.4, 0.5) is 10.8 Å². The van der Waals surface area contributed by atoms with Crippen LogP contribution in [0.1, 0.15) is 33.8 Å². The summed E-state index contributed by atoms with van der Waals surface area (Å²) in [4.78, 5) is 30.7. The van der Waals surface area contributed by atoms with Crippen LogP contribution in [-0.4, -0.2) is 22.4 Å². The maximum absolute atomic E-state index is 12.8. The fourth-order valence-corrected chi connectivity index (χ4v) is 3.89. The average molecular weight is 343 g/mol. The Bertz CT molecular complexity index is 777. The first-order chi connectivity index (χ1) is 11.6. The number of thiazole rings is 1. The smallest absolute Gasteiger partial charge is 0.270 e. The number of nitro groups is 1. The number of amides is 1. The second-order valence-electron chi connectivity index (χ2n) is 5.59. The van der Waals surface area contributed by atoms with Crippen molar-refractivity contribution in [2.75, 3.05) is 11.4 Å². The van der Waals surface area contributed by atoms with Crippen molar-refractivity contribution in [2.24, 2.45) is 0 Å². The van der Waals surface area contributed by atoms with Crippen LogP contribution in [0, 0.1) is 10.1 Å². The maximum atomic E-state index is 12.8. The van der Waals surface area contributed by atoms with Gasteiger partial charge in [0.05, 0.1) is 10.6 Å². The van der Waals surface area contributed by atoms with E-state index in [0.29, 0.717) is 11.7 Å². The van der Waals surface area contributed by atoms with Gasteiger partial charge < -0.3 is 0 Å². The fourth-order valence-electron chi connectivity index (χ4n) is 2.74. The standard InChI is InChI=1S/C17H17N3O3S/c1-2-10-19(17-18-14-8-3-4-9-15(14)24-17)16(21)12-6-5-7-13(11-12)20(22)23/h2,5-7,11H,1,3-4,8-10H2. The molecule has 1 amide bonds. The summed E-state index contributed by atoms with van der Waals surface area (Å²) < 4.78 is 0. The van der Waals surface area contributed by atoms with Crippen molar-refractivity contribution in [3.8, 4) is 0 Å². The van der Waals surface area contributed by atoms with Crippen molar-refractivity contribution in [2.45, 2.75) is 25.7 Å². The zero-order valence-electron chi connectivity index (χ0n) is 13.1. The minimum atomic E-state index is -0.503. The Morgan fingerprint density at radius 3 is 2.92 bits per heavy atom. The van der Waals surface area contributed by atoms with Crippen molar-refractivity contribution in [3.63, 3.8) is 0 Å². The zero-order valence-corrected chi connectivity index (χ0v) is 13.9. The predicted octanol–water partition coefficient (Wildman–Crippen LogP) is 3.76. The Labute approximate surface area is 143 Å². The van der Waals surface area contributed by atoms with Crippen LogP contribution in [0.2, 0.25) is 0 Å². The molecule has 1 heterocycles. The van der Waals surface area contributed by atoms with E-state index in [9.17, 15) is 14.9 Å². The predicted molar refractivity (Wildman–Crippen MR) is 93.7 cm³/mol. The number of carbonyl (C=O) groups excluding carboxylic acids is 1. The molecule has 3 rings (SSSR count). The Hall–Kier alpha value is -2.54. The van der Waals surface area contributed by atoms with E-state index < -0.39 is 4.92 Å². The molecule has 124 valence electrons. The summed E-state index contributed by atoms with van der Waals surface area (Å²) in [6.45, 7) is 4.02. The minimum Gasteiger partial charge on any atom is -0.280 e. The van der Waals surface area contributed by atoms with Gasteiger partial charge in [0, 0.05) is 29.1 Å². The third kappa shape index (κ3) is 3.21. The molecule has 0 N–H and O–H groups in total. The first-order valence-electron chi connectivity index (χ1n) is 7.76. The number of anilines is 1. The number of aromatic nitrogens is 1. The highest BCUT2D eigenvalue weighted by atomic mass is 32.1. The molecule has 0 aliphatic heterocycles. The van der Waals surface area contributed by atoms with Crippen LogP contribution in [0.5, 0.6) is 0 Å². The Morgan fingerprint density at radius 1 is 1.42 bits per heavy atom. The number of aryl methyl sites for hydroxylation is 2. The van der Waals surface area contributed by atoms with Gasteiger partial charge in [0.15, 0.2) is 5.13 Å². The Morgan fingerprint density at radius 2 is 2.21 bits per heavy atom. The van der Waals surface area contributed by atoms with Gasteiger partial charge in [-0.05, 0) is 31.7 Å². The number of fused-ring (bicyclic) bond motifs is 1. The van der Waals surface area contributed by atoms with Crippen molar-refractivity contribution < 1.29 is 9.72 Å². The molecular weight excluding hydrogens is 326 g/mol. The highest BCUT2D eigenvalue weighted by Crippen LogP contribution is 2.32. The van der Waals surface area contributed by atoms with E-state index in [1.54, 1.807) is 12.1 Å². The van der Waals surface area contributed by atoms with Gasteiger partial charge >= 0.3 is 0 Å². The molecule has 0 unspecified atom stereocenters. The molecule has 0 bridgehead atoms. The molecule has 1 aliphatic carbocycles. The first kappa shape index (κ1) is 16.3. The van der Waals surface area contributed by atoms with Crippen molar-refractivity contribution in [3.05, 3.63) is 63.2 Å². The maximum Gasteiger partial charge on any atom is 0.270 e. The van der Waals surface area contributed by atoms with E-state index in [-0.39, 0.29) is 17.2 Å². The number of carbonyl (C=O) groups is 1. The van der Waals surface area contributed by atoms with Gasteiger partial charge in [-0.3, -0.25) is 19.8 Å². The summed E-state index contributed by atoms with van der Waals surface area (Å²) in [6, 6.07) is 5.77. The van der Waals surface area contributed by atoms with E-state index >= 15 is 0 Å². The summed E-state index contributed by atoms with van der Waals surface area (Å²) in [5.41, 5.74) is 1.25. The highest BCUT2D eigenvalue weighted by molar-refractivity contribution is 7.16. The lowest BCUT2D eigenvalue weighted by molar-refractivity contribution is -0.384. The van der Waals surface area contributed by atoms with Gasteiger partial charge in [-0.1, -0.05) is 12.1 Å². The molecule has 24 heavy (non-hydrogen) atoms. The third-order valence-electron chi connectivity index (χ3n) is 3.93. The van der Waals surface area contributed by atoms with Gasteiger partial charge in [0.1, 0.15) is 0 Å². The van der Waals surface area contributed by atoms with Gasteiger partial charge in [-0.2, -0.15) is 0 Å². The molecule has 0 saturated heterocycles. The SMILES string of the molecule is C=CCN(C(=O)c1cccc([N+](=O)[O-])c1)c1nc2c(s1)CCCC2. The molecule has 1 aliphatic rings. The van der Waals surface area contributed by atoms with Crippen molar-refractivity contribution >= 4 is 28.1 Å². The molecule has 2 aromatic rings. The highest BCUT2D eigenvalue weighted by Gasteiger charge is 2.24. The quantitative estimate of drug-likeness (QED) is 0.470. The Balaban J connectivity index is 1.94. The van der Waals surface area contributed by atoms with Crippen molar-refractivity contribution in [1.82, 2.24) is 4.98 Å². The van der Waals surface area contributed by atoms with Crippen LogP contribution in [0.15, 0.2) is 36.9 Å². The zero-order chi connectivity index (χ0) is 17.1. The van der Waals surface area contributed by atoms with E-state index in [4.69, 9.17) is 0 Å². The fraction of sp³-hybridized carbons (Fsp3) is 0.294. The lowest BCUT2D eigenvalue weighted by Crippen LogP contribution is -2.31. The molecule has 0 saturated carbocycles. The van der Waals surface area contributed by atoms with E-state index in [0.717, 1.165) is 31.4 Å². The van der Waals surface area contributed by atoms with Gasteiger partial charge in [-0.25, -0.2) is 4.98 Å². The number of hydrogen-bond acceptors (Lipinski definition) is 5. The number of benzene rings is 1. The second kappa shape index (κ2) is 6.92. The first-order valence-corrected chi connectivity index (χ1v) is 8.57. The molecular formula is C17H17N3O3S. The summed E-state index contributed by atoms with van der Waals surface area (Å²) in [7, 11) is 0. The van der Waals surface area contributed by atoms with Crippen LogP contribution in [-0.2, 0) is 12.8 Å². The van der Waals surface area contributed by atoms with Gasteiger partial charge in [-0.15, -0.1) is 17.9 Å². The number of hydrogen-bond donors (Lipinski definition) is 0. The lowest BCUT2D eigenvalue weighted by atomic mass is 10.0. The van der Waals surface area contributed by atoms with Gasteiger partial charge in [0.2, 0.25) is 0 Å². The molecule has 1 aromatic heterocycles. The van der Waals surface area contributed by atoms with Crippen LogP contribution < -0.4 is 4.90 Å². The molecule has 7 heteroatoms. The topological polar surface area (TPSA) is 76.3 Å². The van der Waals surface area contributed by atoms with E-state index in [1.807, 2.05) is 0 Å². The number of rotatable bonds is 5. The summed E-state index contributed by atoms with van der Waals surface area (Å²) in [5, 5.41) is 11.6. The van der Waals surface area contributed by atoms with E-state index in [1.165, 1.54) is 39.3 Å². The molecule has 0 radical (unpaired) electrons. The van der Waals surface area contributed by atoms with E-state index in [2.05, 4.69) is 11.6 Å². The largest absolute Gasteiger partial charge is 0.280 e. The minimum absolute atomic E-state index is 0.0992. The molecule has 0 spiro atoms. The summed E-state index contributed by atoms with van der Waals surface area (Å²) in [6.07, 6.45) is 5.85. The number of non-ortho nitro benzene ring substituents is 1. The molecule has 6 nitrogen and oxygen atoms in total. The number of nitro benzene ring substituents is 1. The van der Waals surface area contributed by atoms with Crippen LogP contribution >= 0.6 is 11.3 Å². The monoisotopic (exact) mass is 343 g/mol. The summed E-state index contributed by atoms with van der Waals surface area (Å²) >= 11 is 1.53. The second-order valence-corrected chi connectivity index (χ2v) is 6.65.